The molecule has 0 atom stereocenters. The van der Waals surface area contributed by atoms with Gasteiger partial charge < -0.3 is 9.47 Å². The number of hydrogen-bond acceptors (Lipinski definition) is 5. The summed E-state index contributed by atoms with van der Waals surface area (Å²) >= 11 is 10.9. The van der Waals surface area contributed by atoms with Crippen LogP contribution in [0, 0.1) is 0 Å². The van der Waals surface area contributed by atoms with Crippen LogP contribution in [0.4, 0.5) is 5.69 Å². The number of amidine groups is 1. The highest BCUT2D eigenvalue weighted by Crippen LogP contribution is 2.37. The molecule has 0 radical (unpaired) electrons. The van der Waals surface area contributed by atoms with Crippen LogP contribution in [0.3, 0.4) is 0 Å². The number of amides is 1. The zero-order valence-electron chi connectivity index (χ0n) is 16.9. The summed E-state index contributed by atoms with van der Waals surface area (Å²) in [5, 5.41) is 1.19. The van der Waals surface area contributed by atoms with Crippen molar-refractivity contribution in [2.45, 2.75) is 20.8 Å². The Morgan fingerprint density at radius 2 is 1.90 bits per heavy atom. The molecule has 0 unspecified atom stereocenters. The molecule has 0 aromatic heterocycles. The number of ether oxygens (including phenoxy) is 2. The summed E-state index contributed by atoms with van der Waals surface area (Å²) in [6, 6.07) is 11.1. The first-order valence-electron chi connectivity index (χ1n) is 9.61. The van der Waals surface area contributed by atoms with Gasteiger partial charge in [0, 0.05) is 22.6 Å². The summed E-state index contributed by atoms with van der Waals surface area (Å²) in [6.07, 6.45) is 1.84. The molecule has 0 spiro atoms. The van der Waals surface area contributed by atoms with E-state index in [0.29, 0.717) is 46.3 Å². The minimum Gasteiger partial charge on any atom is -0.494 e. The average molecular weight is 510 g/mol. The van der Waals surface area contributed by atoms with E-state index in [1.165, 1.54) is 11.8 Å². The second-order valence-electron chi connectivity index (χ2n) is 6.22. The Labute approximate surface area is 194 Å². The second kappa shape index (κ2) is 10.4. The molecule has 30 heavy (non-hydrogen) atoms. The van der Waals surface area contributed by atoms with Crippen molar-refractivity contribution in [3.05, 3.63) is 56.4 Å². The van der Waals surface area contributed by atoms with Crippen molar-refractivity contribution < 1.29 is 14.3 Å². The Bertz CT molecular complexity index is 1010. The van der Waals surface area contributed by atoms with Crippen molar-refractivity contribution >= 4 is 62.1 Å². The molecule has 1 aliphatic rings. The third-order valence-electron chi connectivity index (χ3n) is 4.21. The molecule has 1 heterocycles. The van der Waals surface area contributed by atoms with Crippen molar-refractivity contribution in [3.63, 3.8) is 0 Å². The van der Waals surface area contributed by atoms with E-state index < -0.39 is 0 Å². The normalized spacial score (nSPS) is 16.6. The van der Waals surface area contributed by atoms with Crippen molar-refractivity contribution in [2.75, 3.05) is 19.8 Å². The third kappa shape index (κ3) is 5.20. The lowest BCUT2D eigenvalue weighted by molar-refractivity contribution is -0.122. The van der Waals surface area contributed by atoms with Gasteiger partial charge in [-0.05, 0) is 84.9 Å². The van der Waals surface area contributed by atoms with E-state index in [9.17, 15) is 4.79 Å². The summed E-state index contributed by atoms with van der Waals surface area (Å²) < 4.78 is 12.1. The number of thioether (sulfide) groups is 1. The maximum atomic E-state index is 13.0. The highest BCUT2D eigenvalue weighted by molar-refractivity contribution is 9.10. The maximum absolute atomic E-state index is 13.0. The van der Waals surface area contributed by atoms with Gasteiger partial charge in [-0.2, -0.15) is 0 Å². The molecule has 8 heteroatoms. The van der Waals surface area contributed by atoms with Crippen molar-refractivity contribution in [3.8, 4) is 11.5 Å². The van der Waals surface area contributed by atoms with E-state index in [1.807, 2.05) is 57.2 Å². The molecular weight excluding hydrogens is 488 g/mol. The number of aliphatic imine (C=N–C) groups is 1. The minimum absolute atomic E-state index is 0.0826. The fourth-order valence-electron chi connectivity index (χ4n) is 2.85. The molecule has 3 rings (SSSR count). The molecule has 5 nitrogen and oxygen atoms in total. The lowest BCUT2D eigenvalue weighted by atomic mass is 10.1. The quantitative estimate of drug-likeness (QED) is 0.399. The number of carbonyl (C=O) groups excluding carboxylic acids is 1. The Balaban J connectivity index is 1.95. The average Bonchev–Trinajstić information content (AvgIpc) is 3.01. The monoisotopic (exact) mass is 508 g/mol. The number of benzene rings is 2. The van der Waals surface area contributed by atoms with Gasteiger partial charge >= 0.3 is 0 Å². The molecule has 158 valence electrons. The summed E-state index contributed by atoms with van der Waals surface area (Å²) in [5.74, 6) is 1.33. The lowest BCUT2D eigenvalue weighted by Crippen LogP contribution is -2.28. The van der Waals surface area contributed by atoms with E-state index in [2.05, 4.69) is 20.9 Å². The van der Waals surface area contributed by atoms with E-state index in [4.69, 9.17) is 21.1 Å². The Morgan fingerprint density at radius 1 is 1.13 bits per heavy atom. The second-order valence-corrected chi connectivity index (χ2v) is 8.49. The number of rotatable bonds is 7. The third-order valence-corrected chi connectivity index (χ3v) is 6.45. The molecule has 1 saturated heterocycles. The zero-order valence-corrected chi connectivity index (χ0v) is 20.1. The molecule has 1 aliphatic heterocycles. The van der Waals surface area contributed by atoms with Gasteiger partial charge in [0.15, 0.2) is 5.17 Å². The summed E-state index contributed by atoms with van der Waals surface area (Å²) in [6.45, 7) is 7.40. The topological polar surface area (TPSA) is 51.1 Å². The number of carbonyl (C=O) groups is 1. The van der Waals surface area contributed by atoms with Gasteiger partial charge in [0.2, 0.25) is 0 Å². The van der Waals surface area contributed by atoms with Crippen LogP contribution in [0.25, 0.3) is 6.08 Å². The first-order chi connectivity index (χ1) is 14.5. The number of hydrogen-bond donors (Lipinski definition) is 0. The van der Waals surface area contributed by atoms with Gasteiger partial charge in [-0.25, -0.2) is 4.99 Å². The van der Waals surface area contributed by atoms with Crippen LogP contribution in [0.5, 0.6) is 11.5 Å². The standard InChI is InChI=1S/C22H22BrClN2O3S/c1-4-26-21(27)20(30-22(26)25-15-8-10-17(23)18(24)12-15)11-14-7-9-16(28-5-2)13-19(14)29-6-3/h7-13H,4-6H2,1-3H3/b20-11-,25-22?. The zero-order chi connectivity index (χ0) is 21.7. The molecule has 1 fully saturated rings. The first kappa shape index (κ1) is 22.7. The number of halogens is 2. The van der Waals surface area contributed by atoms with Gasteiger partial charge in [-0.15, -0.1) is 0 Å². The van der Waals surface area contributed by atoms with Crippen LogP contribution >= 0.6 is 39.3 Å². The van der Waals surface area contributed by atoms with Gasteiger partial charge in [-0.1, -0.05) is 11.6 Å². The van der Waals surface area contributed by atoms with E-state index in [-0.39, 0.29) is 5.91 Å². The van der Waals surface area contributed by atoms with Crippen molar-refractivity contribution in [1.29, 1.82) is 0 Å². The molecule has 0 aliphatic carbocycles. The predicted molar refractivity (Wildman–Crippen MR) is 128 cm³/mol. The van der Waals surface area contributed by atoms with E-state index in [0.717, 1.165) is 15.8 Å². The Morgan fingerprint density at radius 3 is 2.57 bits per heavy atom. The van der Waals surface area contributed by atoms with Crippen LogP contribution in [-0.2, 0) is 4.79 Å². The van der Waals surface area contributed by atoms with Crippen LogP contribution in [0.2, 0.25) is 5.02 Å². The summed E-state index contributed by atoms with van der Waals surface area (Å²) in [7, 11) is 0. The lowest BCUT2D eigenvalue weighted by Gasteiger charge is -2.12. The van der Waals surface area contributed by atoms with E-state index >= 15 is 0 Å². The fraction of sp³-hybridized carbons (Fsp3) is 0.273. The van der Waals surface area contributed by atoms with Crippen molar-refractivity contribution in [2.24, 2.45) is 4.99 Å². The largest absolute Gasteiger partial charge is 0.494 e. The van der Waals surface area contributed by atoms with Crippen LogP contribution in [0.15, 0.2) is 50.8 Å². The molecule has 0 N–H and O–H groups in total. The SMILES string of the molecule is CCOc1ccc(/C=C2\SC(=Nc3ccc(Br)c(Cl)c3)N(CC)C2=O)c(OCC)c1. The van der Waals surface area contributed by atoms with Crippen LogP contribution in [-0.4, -0.2) is 35.7 Å². The van der Waals surface area contributed by atoms with E-state index in [1.54, 1.807) is 11.0 Å². The summed E-state index contributed by atoms with van der Waals surface area (Å²) in [4.78, 5) is 19.8. The van der Waals surface area contributed by atoms with Crippen LogP contribution < -0.4 is 9.47 Å². The highest BCUT2D eigenvalue weighted by Gasteiger charge is 2.32. The molecule has 1 amide bonds. The molecule has 2 aromatic rings. The number of nitrogens with zero attached hydrogens (tertiary/aromatic N) is 2. The van der Waals surface area contributed by atoms with Crippen LogP contribution in [0.1, 0.15) is 26.3 Å². The molecular formula is C22H22BrClN2O3S. The molecule has 0 bridgehead atoms. The first-order valence-corrected chi connectivity index (χ1v) is 11.6. The molecule has 2 aromatic carbocycles. The molecule has 0 saturated carbocycles. The smallest absolute Gasteiger partial charge is 0.266 e. The fourth-order valence-corrected chi connectivity index (χ4v) is 4.32. The van der Waals surface area contributed by atoms with Gasteiger partial charge in [-0.3, -0.25) is 9.69 Å². The maximum Gasteiger partial charge on any atom is 0.266 e. The van der Waals surface area contributed by atoms with Gasteiger partial charge in [0.25, 0.3) is 5.91 Å². The van der Waals surface area contributed by atoms with Gasteiger partial charge in [0.05, 0.1) is 28.8 Å². The highest BCUT2D eigenvalue weighted by atomic mass is 79.9. The number of likely N-dealkylation sites (N-methyl/N-ethyl adjacent to an activating group) is 1. The Hall–Kier alpha value is -1.96. The van der Waals surface area contributed by atoms with Gasteiger partial charge in [0.1, 0.15) is 11.5 Å². The van der Waals surface area contributed by atoms with Crippen molar-refractivity contribution in [1.82, 2.24) is 4.90 Å². The Kier molecular flexibility index (Phi) is 7.86. The summed E-state index contributed by atoms with van der Waals surface area (Å²) in [5.41, 5.74) is 1.51. The minimum atomic E-state index is -0.0826. The predicted octanol–water partition coefficient (Wildman–Crippen LogP) is 6.52.